The molecule has 0 saturated heterocycles. The fourth-order valence-electron chi connectivity index (χ4n) is 4.55. The van der Waals surface area contributed by atoms with Crippen molar-refractivity contribution in [2.75, 3.05) is 6.61 Å². The molecule has 1 aliphatic heterocycles. The van der Waals surface area contributed by atoms with E-state index in [9.17, 15) is 52.7 Å². The summed E-state index contributed by atoms with van der Waals surface area (Å²) in [4.78, 5) is 4.37. The number of aliphatic imine (C=N–C) groups is 1. The Balaban J connectivity index is 0.000000952. The molecule has 0 amide bonds. The molecule has 4 aromatic carbocycles. The summed E-state index contributed by atoms with van der Waals surface area (Å²) >= 11 is 0. The van der Waals surface area contributed by atoms with Crippen LogP contribution in [0.4, 0.5) is 52.7 Å². The average molecular weight is 753 g/mol. The Kier molecular flexibility index (Phi) is 12.0. The van der Waals surface area contributed by atoms with E-state index in [0.29, 0.717) is 24.3 Å². The zero-order valence-electron chi connectivity index (χ0n) is 24.6. The predicted octanol–water partition coefficient (Wildman–Crippen LogP) is 9.44. The summed E-state index contributed by atoms with van der Waals surface area (Å²) in [5.41, 5.74) is -7.06. The number of ether oxygens (including phenoxy) is 1. The van der Waals surface area contributed by atoms with Crippen LogP contribution in [0.5, 0.6) is 0 Å². The van der Waals surface area contributed by atoms with E-state index in [-0.39, 0.29) is 64.5 Å². The van der Waals surface area contributed by atoms with Gasteiger partial charge in [0.1, 0.15) is 6.61 Å². The molecule has 1 aliphatic rings. The smallest absolute Gasteiger partial charge is 0.416 e. The molecule has 48 heavy (non-hydrogen) atoms. The van der Waals surface area contributed by atoms with Gasteiger partial charge in [-0.05, 0) is 60.8 Å². The Labute approximate surface area is 278 Å². The molecule has 5 rings (SSSR count). The summed E-state index contributed by atoms with van der Waals surface area (Å²) in [7, 11) is -2.89. The van der Waals surface area contributed by atoms with Crippen molar-refractivity contribution in [3.05, 3.63) is 113 Å². The Hall–Kier alpha value is -3.28. The first kappa shape index (κ1) is 39.2. The van der Waals surface area contributed by atoms with E-state index in [0.717, 1.165) is 0 Å². The van der Waals surface area contributed by atoms with E-state index in [2.05, 4.69) is 4.99 Å². The molecule has 0 radical (unpaired) electrons. The minimum absolute atomic E-state index is 0. The third-order valence-corrected chi connectivity index (χ3v) is 9.35. The van der Waals surface area contributed by atoms with Gasteiger partial charge in [0.15, 0.2) is 5.90 Å². The molecular weight excluding hydrogens is 729 g/mol. The van der Waals surface area contributed by atoms with Gasteiger partial charge in [0.2, 0.25) is 0 Å². The number of hydrogen-bond acceptors (Lipinski definition) is 2. The molecule has 2 nitrogen and oxygen atoms in total. The second kappa shape index (κ2) is 14.7. The second-order valence-electron chi connectivity index (χ2n) is 10.7. The third kappa shape index (κ3) is 9.45. The van der Waals surface area contributed by atoms with Gasteiger partial charge < -0.3 is 35.1 Å². The minimum Gasteiger partial charge on any atom is -0.748 e. The first-order valence-corrected chi connectivity index (χ1v) is 15.0. The van der Waals surface area contributed by atoms with Gasteiger partial charge in [0.05, 0.1) is 28.3 Å². The van der Waals surface area contributed by atoms with E-state index in [4.69, 9.17) is 4.74 Å². The van der Waals surface area contributed by atoms with Gasteiger partial charge in [-0.15, -0.1) is 5.30 Å². The summed E-state index contributed by atoms with van der Waals surface area (Å²) in [5, 5.41) is -1.68. The van der Waals surface area contributed by atoms with Crippen molar-refractivity contribution in [3.8, 4) is 0 Å². The van der Waals surface area contributed by atoms with Crippen LogP contribution < -0.4 is 15.9 Å². The number of benzene rings is 2. The first-order valence-electron chi connectivity index (χ1n) is 13.7. The minimum atomic E-state index is -5.32. The van der Waals surface area contributed by atoms with Crippen molar-refractivity contribution in [2.24, 2.45) is 10.9 Å². The predicted molar refractivity (Wildman–Crippen MR) is 154 cm³/mol. The van der Waals surface area contributed by atoms with Crippen molar-refractivity contribution < 1.29 is 74.5 Å². The molecule has 16 heteroatoms. The van der Waals surface area contributed by atoms with E-state index in [1.54, 1.807) is 0 Å². The zero-order valence-corrected chi connectivity index (χ0v) is 26.6. The standard InChI is InChI=1S/C27H19F12NOP.C5H5.Fe/c1-13(2)21-12-41-23(40-21)20-4-3-5-22(20)42(18-8-14(24(28,29)30)6-15(9-18)25(31,32)33)19-10-16(26(34,35)36)7-17(11-19)27(37,38)39;1-2-4-5-3-1;/h3-11,13,21H,12H2,1-2H3;1-5H;/q-1;-5;. The summed E-state index contributed by atoms with van der Waals surface area (Å²) in [5.74, 6) is -0.120. The Bertz CT molecular complexity index is 1530. The summed E-state index contributed by atoms with van der Waals surface area (Å²) in [6.07, 6.45) is -21.3. The van der Waals surface area contributed by atoms with Crippen molar-refractivity contribution in [1.82, 2.24) is 0 Å². The molecule has 0 N–H and O–H groups in total. The number of nitrogens with zero attached hydrogens (tertiary/aromatic N) is 1. The summed E-state index contributed by atoms with van der Waals surface area (Å²) < 4.78 is 170. The zero-order chi connectivity index (χ0) is 34.9. The maximum atomic E-state index is 13.7. The molecule has 0 aromatic heterocycles. The molecule has 1 atom stereocenters. The monoisotopic (exact) mass is 753 g/mol. The van der Waals surface area contributed by atoms with Crippen LogP contribution in [-0.2, 0) is 46.5 Å². The SMILES string of the molecule is CC(C)C1COC([c-]2cccc2P(c2cc(C(F)(F)F)cc(C(F)(F)F)c2)c2cc(C(F)(F)F)cc(C(F)(F)F)c2)=N1.[Fe].[cH-]1[cH-][cH-][cH-][cH-]1. The molecular formula is C32H24F12FeNOP-6. The van der Waals surface area contributed by atoms with Gasteiger partial charge in [0, 0.05) is 17.1 Å². The normalized spacial score (nSPS) is 15.5. The van der Waals surface area contributed by atoms with Gasteiger partial charge in [-0.3, -0.25) is 4.99 Å². The second-order valence-corrected chi connectivity index (χ2v) is 12.9. The van der Waals surface area contributed by atoms with Crippen molar-refractivity contribution >= 4 is 29.7 Å². The molecule has 266 valence electrons. The maximum absolute atomic E-state index is 13.7. The van der Waals surface area contributed by atoms with Crippen molar-refractivity contribution in [1.29, 1.82) is 0 Å². The van der Waals surface area contributed by atoms with E-state index in [1.165, 1.54) is 18.2 Å². The van der Waals surface area contributed by atoms with Crippen molar-refractivity contribution in [3.63, 3.8) is 0 Å². The summed E-state index contributed by atoms with van der Waals surface area (Å²) in [6.45, 7) is 3.68. The molecule has 4 aromatic rings. The van der Waals surface area contributed by atoms with Crippen LogP contribution in [0.25, 0.3) is 0 Å². The fourth-order valence-corrected chi connectivity index (χ4v) is 7.12. The summed E-state index contributed by atoms with van der Waals surface area (Å²) in [6, 6.07) is 14.3. The van der Waals surface area contributed by atoms with Gasteiger partial charge >= 0.3 is 24.7 Å². The molecule has 1 unspecified atom stereocenters. The van der Waals surface area contributed by atoms with E-state index < -0.39 is 65.5 Å². The third-order valence-electron chi connectivity index (χ3n) is 6.92. The Morgan fingerprint density at radius 3 is 1.38 bits per heavy atom. The van der Waals surface area contributed by atoms with Gasteiger partial charge in [0.25, 0.3) is 0 Å². The Morgan fingerprint density at radius 1 is 0.688 bits per heavy atom. The molecule has 1 heterocycles. The first-order chi connectivity index (χ1) is 21.7. The topological polar surface area (TPSA) is 21.6 Å². The number of halogens is 12. The number of hydrogen-bond donors (Lipinski definition) is 0. The van der Waals surface area contributed by atoms with Crippen LogP contribution >= 0.6 is 7.92 Å². The number of alkyl halides is 12. The fraction of sp³-hybridized carbons (Fsp3) is 0.281. The maximum Gasteiger partial charge on any atom is 0.416 e. The van der Waals surface area contributed by atoms with Crippen LogP contribution in [0.3, 0.4) is 0 Å². The van der Waals surface area contributed by atoms with Crippen LogP contribution in [-0.4, -0.2) is 18.5 Å². The average Bonchev–Trinajstić information content (AvgIpc) is 3.75. The Morgan fingerprint density at radius 2 is 1.06 bits per heavy atom. The van der Waals surface area contributed by atoms with Crippen LogP contribution in [0.1, 0.15) is 41.7 Å². The van der Waals surface area contributed by atoms with Gasteiger partial charge in [-0.2, -0.15) is 58.8 Å². The quantitative estimate of drug-likeness (QED) is 0.0862. The molecule has 0 aliphatic carbocycles. The van der Waals surface area contributed by atoms with E-state index in [1.807, 2.05) is 44.2 Å². The van der Waals surface area contributed by atoms with Gasteiger partial charge in [-0.25, -0.2) is 12.1 Å². The van der Waals surface area contributed by atoms with E-state index >= 15 is 0 Å². The molecule has 0 bridgehead atoms. The molecule has 0 spiro atoms. The number of rotatable bonds is 5. The van der Waals surface area contributed by atoms with Crippen molar-refractivity contribution in [2.45, 2.75) is 44.6 Å². The van der Waals surface area contributed by atoms with Crippen LogP contribution in [0.2, 0.25) is 0 Å². The molecule has 0 fully saturated rings. The molecule has 0 saturated carbocycles. The van der Waals surface area contributed by atoms with Crippen LogP contribution in [0.15, 0.2) is 89.9 Å². The van der Waals surface area contributed by atoms with Crippen LogP contribution in [0, 0.1) is 5.92 Å². The van der Waals surface area contributed by atoms with Gasteiger partial charge in [-0.1, -0.05) is 19.4 Å². The largest absolute Gasteiger partial charge is 0.748 e.